The molecule has 3 aromatic carbocycles. The highest BCUT2D eigenvalue weighted by molar-refractivity contribution is 9.10. The van der Waals surface area contributed by atoms with E-state index in [9.17, 15) is 4.79 Å². The SMILES string of the molecule is O=C(Nc1nn(Cc2ccccc2Cl)cc1Br)c1cccc(COc2cccc(Br)c2)c1. The van der Waals surface area contributed by atoms with Crippen molar-refractivity contribution >= 4 is 55.2 Å². The number of rotatable bonds is 7. The number of hydrogen-bond acceptors (Lipinski definition) is 3. The van der Waals surface area contributed by atoms with Crippen LogP contribution in [0.15, 0.2) is 87.9 Å². The fraction of sp³-hybridized carbons (Fsp3) is 0.0833. The maximum absolute atomic E-state index is 12.8. The third kappa shape index (κ3) is 5.79. The molecule has 5 nitrogen and oxygen atoms in total. The molecule has 4 rings (SSSR count). The van der Waals surface area contributed by atoms with Gasteiger partial charge in [-0.15, -0.1) is 0 Å². The number of aromatic nitrogens is 2. The van der Waals surface area contributed by atoms with Crippen LogP contribution in [0.25, 0.3) is 0 Å². The summed E-state index contributed by atoms with van der Waals surface area (Å²) in [5.74, 6) is 0.943. The monoisotopic (exact) mass is 573 g/mol. The third-order valence-corrected chi connectivity index (χ3v) is 6.07. The topological polar surface area (TPSA) is 56.2 Å². The number of carbonyl (C=O) groups is 1. The minimum absolute atomic E-state index is 0.252. The van der Waals surface area contributed by atoms with Gasteiger partial charge < -0.3 is 10.1 Å². The molecule has 0 saturated carbocycles. The van der Waals surface area contributed by atoms with Gasteiger partial charge in [0.25, 0.3) is 5.91 Å². The molecule has 0 bridgehead atoms. The van der Waals surface area contributed by atoms with Crippen LogP contribution in [-0.4, -0.2) is 15.7 Å². The molecule has 0 saturated heterocycles. The molecule has 1 amide bonds. The van der Waals surface area contributed by atoms with Crippen molar-refractivity contribution in [3.8, 4) is 5.75 Å². The van der Waals surface area contributed by atoms with Gasteiger partial charge in [-0.05, 0) is 63.5 Å². The van der Waals surface area contributed by atoms with E-state index in [2.05, 4.69) is 42.3 Å². The Hall–Kier alpha value is -2.61. The Morgan fingerprint density at radius 2 is 1.84 bits per heavy atom. The molecular weight excluding hydrogens is 558 g/mol. The molecule has 0 atom stereocenters. The van der Waals surface area contributed by atoms with Crippen LogP contribution in [0.4, 0.5) is 5.82 Å². The Kier molecular flexibility index (Phi) is 7.29. The first kappa shape index (κ1) is 22.6. The van der Waals surface area contributed by atoms with Gasteiger partial charge in [-0.2, -0.15) is 5.10 Å². The van der Waals surface area contributed by atoms with E-state index in [1.807, 2.05) is 66.7 Å². The van der Waals surface area contributed by atoms with Gasteiger partial charge in [0, 0.05) is 21.3 Å². The van der Waals surface area contributed by atoms with E-state index >= 15 is 0 Å². The number of halogens is 3. The summed E-state index contributed by atoms with van der Waals surface area (Å²) in [7, 11) is 0. The van der Waals surface area contributed by atoms with Gasteiger partial charge in [0.05, 0.1) is 11.0 Å². The first-order valence-electron chi connectivity index (χ1n) is 9.73. The van der Waals surface area contributed by atoms with Crippen LogP contribution >= 0.6 is 43.5 Å². The summed E-state index contributed by atoms with van der Waals surface area (Å²) >= 11 is 13.1. The Morgan fingerprint density at radius 3 is 2.66 bits per heavy atom. The van der Waals surface area contributed by atoms with Gasteiger partial charge in [-0.3, -0.25) is 9.48 Å². The molecule has 0 radical (unpaired) electrons. The van der Waals surface area contributed by atoms with E-state index in [-0.39, 0.29) is 5.91 Å². The van der Waals surface area contributed by atoms with Gasteiger partial charge in [0.1, 0.15) is 12.4 Å². The second-order valence-corrected chi connectivity index (χ2v) is 9.19. The lowest BCUT2D eigenvalue weighted by Crippen LogP contribution is -2.13. The molecule has 0 aliphatic carbocycles. The zero-order valence-corrected chi connectivity index (χ0v) is 20.7. The van der Waals surface area contributed by atoms with Gasteiger partial charge in [0.15, 0.2) is 5.82 Å². The number of carbonyl (C=O) groups excluding carboxylic acids is 1. The number of ether oxygens (including phenoxy) is 1. The molecule has 4 aromatic rings. The van der Waals surface area contributed by atoms with E-state index in [0.717, 1.165) is 21.3 Å². The van der Waals surface area contributed by atoms with Crippen molar-refractivity contribution in [1.82, 2.24) is 9.78 Å². The lowest BCUT2D eigenvalue weighted by molar-refractivity contribution is 0.102. The zero-order chi connectivity index (χ0) is 22.5. The average molecular weight is 576 g/mol. The molecule has 0 spiro atoms. The van der Waals surface area contributed by atoms with E-state index < -0.39 is 0 Å². The van der Waals surface area contributed by atoms with Crippen molar-refractivity contribution < 1.29 is 9.53 Å². The molecule has 0 aliphatic heterocycles. The average Bonchev–Trinajstić information content (AvgIpc) is 3.12. The highest BCUT2D eigenvalue weighted by atomic mass is 79.9. The molecule has 0 aliphatic rings. The lowest BCUT2D eigenvalue weighted by atomic mass is 10.1. The Bertz CT molecular complexity index is 1260. The summed E-state index contributed by atoms with van der Waals surface area (Å²) in [6, 6.07) is 22.5. The largest absolute Gasteiger partial charge is 0.489 e. The number of benzene rings is 3. The summed E-state index contributed by atoms with van der Waals surface area (Å²) in [5, 5.41) is 8.00. The van der Waals surface area contributed by atoms with E-state index in [1.165, 1.54) is 0 Å². The van der Waals surface area contributed by atoms with Gasteiger partial charge >= 0.3 is 0 Å². The molecule has 1 heterocycles. The number of amides is 1. The summed E-state index contributed by atoms with van der Waals surface area (Å²) in [6.07, 6.45) is 1.81. The normalized spacial score (nSPS) is 10.7. The second-order valence-electron chi connectivity index (χ2n) is 7.02. The van der Waals surface area contributed by atoms with Crippen LogP contribution < -0.4 is 10.1 Å². The molecule has 0 fully saturated rings. The third-order valence-electron chi connectivity index (χ3n) is 4.63. The number of nitrogens with zero attached hydrogens (tertiary/aromatic N) is 2. The predicted molar refractivity (Wildman–Crippen MR) is 133 cm³/mol. The summed E-state index contributed by atoms with van der Waals surface area (Å²) in [6.45, 7) is 0.851. The smallest absolute Gasteiger partial charge is 0.256 e. The predicted octanol–water partition coefficient (Wildman–Crippen LogP) is 6.94. The number of anilines is 1. The van der Waals surface area contributed by atoms with E-state index in [1.54, 1.807) is 16.9 Å². The molecule has 0 unspecified atom stereocenters. The first-order chi connectivity index (χ1) is 15.5. The van der Waals surface area contributed by atoms with Crippen LogP contribution in [0.5, 0.6) is 5.75 Å². The second kappa shape index (κ2) is 10.3. The molecule has 8 heteroatoms. The minimum atomic E-state index is -0.252. The van der Waals surface area contributed by atoms with Crippen LogP contribution in [0.2, 0.25) is 5.02 Å². The summed E-state index contributed by atoms with van der Waals surface area (Å²) in [5.41, 5.74) is 2.36. The van der Waals surface area contributed by atoms with Crippen molar-refractivity contribution in [2.45, 2.75) is 13.2 Å². The maximum Gasteiger partial charge on any atom is 0.256 e. The van der Waals surface area contributed by atoms with Crippen molar-refractivity contribution in [2.24, 2.45) is 0 Å². The van der Waals surface area contributed by atoms with E-state index in [4.69, 9.17) is 16.3 Å². The highest BCUT2D eigenvalue weighted by Gasteiger charge is 2.13. The molecule has 1 aromatic heterocycles. The molecule has 162 valence electrons. The first-order valence-corrected chi connectivity index (χ1v) is 11.7. The maximum atomic E-state index is 12.8. The molecule has 1 N–H and O–H groups in total. The van der Waals surface area contributed by atoms with Crippen molar-refractivity contribution in [3.63, 3.8) is 0 Å². The highest BCUT2D eigenvalue weighted by Crippen LogP contribution is 2.24. The number of nitrogens with one attached hydrogen (secondary N) is 1. The quantitative estimate of drug-likeness (QED) is 0.260. The van der Waals surface area contributed by atoms with Crippen molar-refractivity contribution in [2.75, 3.05) is 5.32 Å². The Labute approximate surface area is 207 Å². The standard InChI is InChI=1S/C24H18Br2ClN3O2/c25-19-8-4-9-20(12-19)32-15-16-5-3-7-17(11-16)24(31)28-23-21(26)14-30(29-23)13-18-6-1-2-10-22(18)27/h1-12,14H,13,15H2,(H,28,29,31). The minimum Gasteiger partial charge on any atom is -0.489 e. The molecular formula is C24H18Br2ClN3O2. The summed E-state index contributed by atoms with van der Waals surface area (Å²) < 4.78 is 9.18. The van der Waals surface area contributed by atoms with Crippen LogP contribution in [0, 0.1) is 0 Å². The van der Waals surface area contributed by atoms with Crippen molar-refractivity contribution in [1.29, 1.82) is 0 Å². The summed E-state index contributed by atoms with van der Waals surface area (Å²) in [4.78, 5) is 12.8. The lowest BCUT2D eigenvalue weighted by Gasteiger charge is -2.08. The Balaban J connectivity index is 1.42. The van der Waals surface area contributed by atoms with Gasteiger partial charge in [0.2, 0.25) is 0 Å². The van der Waals surface area contributed by atoms with Crippen molar-refractivity contribution in [3.05, 3.63) is 110 Å². The van der Waals surface area contributed by atoms with Crippen LogP contribution in [-0.2, 0) is 13.2 Å². The number of hydrogen-bond donors (Lipinski definition) is 1. The van der Waals surface area contributed by atoms with E-state index in [0.29, 0.717) is 34.0 Å². The van der Waals surface area contributed by atoms with Crippen LogP contribution in [0.1, 0.15) is 21.5 Å². The van der Waals surface area contributed by atoms with Gasteiger partial charge in [-0.1, -0.05) is 63.9 Å². The Morgan fingerprint density at radius 1 is 1.03 bits per heavy atom. The fourth-order valence-electron chi connectivity index (χ4n) is 3.07. The fourth-order valence-corrected chi connectivity index (χ4v) is 4.06. The van der Waals surface area contributed by atoms with Gasteiger partial charge in [-0.25, -0.2) is 0 Å². The molecule has 32 heavy (non-hydrogen) atoms. The zero-order valence-electron chi connectivity index (χ0n) is 16.8. The van der Waals surface area contributed by atoms with Crippen LogP contribution in [0.3, 0.4) is 0 Å².